The molecule has 2 heterocycles. The molecule has 0 spiro atoms. The number of hydrogen-bond acceptors (Lipinski definition) is 5. The second-order valence-corrected chi connectivity index (χ2v) is 8.59. The molecule has 164 valence electrons. The van der Waals surface area contributed by atoms with E-state index < -0.39 is 41.1 Å². The molecule has 2 saturated heterocycles. The number of hydrogen-bond donors (Lipinski definition) is 1. The first-order valence-electron chi connectivity index (χ1n) is 10.0. The maximum Gasteiger partial charge on any atom is 0.410 e. The van der Waals surface area contributed by atoms with Crippen LogP contribution < -0.4 is 10.1 Å². The highest BCUT2D eigenvalue weighted by molar-refractivity contribution is 6.01. The standard InChI is InChI=1S/C21H26F2N2O5/c1-21(2,3)30-20(28)25-8-6-12(7-9-25)29-13-10-15(22)18(16(23)11-13)14-4-5-17(26)24-19(14)27/h10-12,14H,4-9H2,1-3H3,(H,24,26,27)/t14-/m0/s1. The number of amides is 3. The molecule has 3 rings (SSSR count). The van der Waals surface area contributed by atoms with Crippen molar-refractivity contribution in [2.24, 2.45) is 0 Å². The lowest BCUT2D eigenvalue weighted by atomic mass is 9.89. The summed E-state index contributed by atoms with van der Waals surface area (Å²) < 4.78 is 40.2. The topological polar surface area (TPSA) is 84.9 Å². The van der Waals surface area contributed by atoms with Crippen LogP contribution in [0.2, 0.25) is 0 Å². The Morgan fingerprint density at radius 3 is 2.23 bits per heavy atom. The number of nitrogens with zero attached hydrogens (tertiary/aromatic N) is 1. The predicted molar refractivity (Wildman–Crippen MR) is 103 cm³/mol. The number of imide groups is 1. The van der Waals surface area contributed by atoms with E-state index in [2.05, 4.69) is 5.32 Å². The molecule has 7 nitrogen and oxygen atoms in total. The van der Waals surface area contributed by atoms with Crippen molar-refractivity contribution in [3.8, 4) is 5.75 Å². The molecule has 2 aliphatic heterocycles. The number of rotatable bonds is 3. The van der Waals surface area contributed by atoms with Gasteiger partial charge in [-0.2, -0.15) is 0 Å². The third-order valence-electron chi connectivity index (χ3n) is 5.04. The van der Waals surface area contributed by atoms with Crippen LogP contribution >= 0.6 is 0 Å². The van der Waals surface area contributed by atoms with E-state index in [0.29, 0.717) is 25.9 Å². The van der Waals surface area contributed by atoms with Crippen LogP contribution in [0, 0.1) is 11.6 Å². The van der Waals surface area contributed by atoms with Crippen LogP contribution in [0.3, 0.4) is 0 Å². The minimum atomic E-state index is -1.05. The average Bonchev–Trinajstić information content (AvgIpc) is 2.62. The molecule has 0 bridgehead atoms. The zero-order valence-corrected chi connectivity index (χ0v) is 17.3. The number of halogens is 2. The molecule has 0 radical (unpaired) electrons. The Morgan fingerprint density at radius 2 is 1.70 bits per heavy atom. The van der Waals surface area contributed by atoms with Crippen LogP contribution in [0.1, 0.15) is 57.9 Å². The molecule has 3 amide bonds. The van der Waals surface area contributed by atoms with Gasteiger partial charge in [-0.25, -0.2) is 13.6 Å². The number of carbonyl (C=O) groups is 3. The highest BCUT2D eigenvalue weighted by Gasteiger charge is 2.33. The summed E-state index contributed by atoms with van der Waals surface area (Å²) in [5.74, 6) is -3.94. The van der Waals surface area contributed by atoms with Crippen molar-refractivity contribution in [3.63, 3.8) is 0 Å². The fourth-order valence-corrected chi connectivity index (χ4v) is 3.61. The minimum absolute atomic E-state index is 0.0248. The van der Waals surface area contributed by atoms with Gasteiger partial charge in [0.05, 0.1) is 5.92 Å². The summed E-state index contributed by atoms with van der Waals surface area (Å²) in [6.45, 7) is 6.21. The first kappa shape index (κ1) is 22.0. The van der Waals surface area contributed by atoms with Crippen LogP contribution in [-0.2, 0) is 14.3 Å². The summed E-state index contributed by atoms with van der Waals surface area (Å²) in [6.07, 6.45) is 0.385. The molecular formula is C21H26F2N2O5. The molecule has 0 aromatic heterocycles. The second-order valence-electron chi connectivity index (χ2n) is 8.59. The van der Waals surface area contributed by atoms with Gasteiger partial charge in [-0.3, -0.25) is 14.9 Å². The average molecular weight is 424 g/mol. The van der Waals surface area contributed by atoms with Crippen LogP contribution in [0.5, 0.6) is 5.75 Å². The van der Waals surface area contributed by atoms with E-state index in [4.69, 9.17) is 9.47 Å². The second kappa shape index (κ2) is 8.57. The zero-order valence-electron chi connectivity index (χ0n) is 17.3. The Morgan fingerprint density at radius 1 is 1.10 bits per heavy atom. The maximum atomic E-state index is 14.6. The molecule has 2 aliphatic rings. The van der Waals surface area contributed by atoms with Gasteiger partial charge in [0.15, 0.2) is 0 Å². The van der Waals surface area contributed by atoms with Gasteiger partial charge >= 0.3 is 6.09 Å². The molecular weight excluding hydrogens is 398 g/mol. The van der Waals surface area contributed by atoms with Gasteiger partial charge in [0.25, 0.3) is 0 Å². The molecule has 9 heteroatoms. The molecule has 2 fully saturated rings. The lowest BCUT2D eigenvalue weighted by Crippen LogP contribution is -2.44. The lowest BCUT2D eigenvalue weighted by molar-refractivity contribution is -0.134. The van der Waals surface area contributed by atoms with Crippen molar-refractivity contribution in [1.82, 2.24) is 10.2 Å². The fourth-order valence-electron chi connectivity index (χ4n) is 3.61. The normalized spacial score (nSPS) is 20.7. The molecule has 0 aliphatic carbocycles. The smallest absolute Gasteiger partial charge is 0.410 e. The predicted octanol–water partition coefficient (Wildman–Crippen LogP) is 3.26. The van der Waals surface area contributed by atoms with E-state index in [1.54, 1.807) is 25.7 Å². The minimum Gasteiger partial charge on any atom is -0.490 e. The van der Waals surface area contributed by atoms with Crippen molar-refractivity contribution in [1.29, 1.82) is 0 Å². The Balaban J connectivity index is 1.61. The SMILES string of the molecule is CC(C)(C)OC(=O)N1CCC(Oc2cc(F)c([C@@H]3CCC(=O)NC3=O)c(F)c2)CC1. The van der Waals surface area contributed by atoms with E-state index in [-0.39, 0.29) is 30.3 Å². The summed E-state index contributed by atoms with van der Waals surface area (Å²) in [4.78, 5) is 36.9. The number of piperidine rings is 2. The molecule has 1 aromatic carbocycles. The van der Waals surface area contributed by atoms with Gasteiger partial charge in [0, 0.05) is 50.0 Å². The summed E-state index contributed by atoms with van der Waals surface area (Å²) in [7, 11) is 0. The Hall–Kier alpha value is -2.71. The van der Waals surface area contributed by atoms with Crippen LogP contribution in [0.25, 0.3) is 0 Å². The van der Waals surface area contributed by atoms with Crippen LogP contribution in [-0.4, -0.2) is 47.6 Å². The van der Waals surface area contributed by atoms with Gasteiger partial charge in [-0.05, 0) is 27.2 Å². The summed E-state index contributed by atoms with van der Waals surface area (Å²) >= 11 is 0. The van der Waals surface area contributed by atoms with Gasteiger partial charge in [-0.1, -0.05) is 0 Å². The number of nitrogens with one attached hydrogen (secondary N) is 1. The van der Waals surface area contributed by atoms with Gasteiger partial charge < -0.3 is 14.4 Å². The number of likely N-dealkylation sites (tertiary alicyclic amines) is 1. The van der Waals surface area contributed by atoms with Crippen LogP contribution in [0.15, 0.2) is 12.1 Å². The van der Waals surface area contributed by atoms with Gasteiger partial charge in [0.1, 0.15) is 29.1 Å². The molecule has 1 atom stereocenters. The highest BCUT2D eigenvalue weighted by Crippen LogP contribution is 2.32. The molecule has 1 aromatic rings. The molecule has 0 saturated carbocycles. The number of benzene rings is 1. The van der Waals surface area contributed by atoms with E-state index in [1.807, 2.05) is 0 Å². The zero-order chi connectivity index (χ0) is 22.1. The van der Waals surface area contributed by atoms with E-state index in [9.17, 15) is 23.2 Å². The van der Waals surface area contributed by atoms with Crippen molar-refractivity contribution < 1.29 is 32.6 Å². The van der Waals surface area contributed by atoms with Gasteiger partial charge in [0.2, 0.25) is 11.8 Å². The Bertz CT molecular complexity index is 821. The van der Waals surface area contributed by atoms with E-state index in [0.717, 1.165) is 12.1 Å². The monoisotopic (exact) mass is 424 g/mol. The summed E-state index contributed by atoms with van der Waals surface area (Å²) in [6, 6.07) is 2.12. The number of carbonyl (C=O) groups excluding carboxylic acids is 3. The third-order valence-corrected chi connectivity index (χ3v) is 5.04. The molecule has 1 N–H and O–H groups in total. The maximum absolute atomic E-state index is 14.6. The van der Waals surface area contributed by atoms with E-state index in [1.165, 1.54) is 0 Å². The summed E-state index contributed by atoms with van der Waals surface area (Å²) in [5, 5.41) is 2.10. The molecule has 30 heavy (non-hydrogen) atoms. The van der Waals surface area contributed by atoms with E-state index >= 15 is 0 Å². The van der Waals surface area contributed by atoms with Crippen molar-refractivity contribution in [3.05, 3.63) is 29.3 Å². The van der Waals surface area contributed by atoms with Crippen molar-refractivity contribution >= 4 is 17.9 Å². The number of ether oxygens (including phenoxy) is 2. The first-order valence-corrected chi connectivity index (χ1v) is 10.0. The molecule has 0 unspecified atom stereocenters. The third kappa shape index (κ3) is 5.25. The Labute approximate surface area is 173 Å². The highest BCUT2D eigenvalue weighted by atomic mass is 19.1. The first-order chi connectivity index (χ1) is 14.0. The summed E-state index contributed by atoms with van der Waals surface area (Å²) in [5.41, 5.74) is -0.934. The van der Waals surface area contributed by atoms with Crippen LogP contribution in [0.4, 0.5) is 13.6 Å². The Kier molecular flexibility index (Phi) is 6.28. The van der Waals surface area contributed by atoms with Crippen molar-refractivity contribution in [2.45, 2.75) is 64.1 Å². The largest absolute Gasteiger partial charge is 0.490 e. The lowest BCUT2D eigenvalue weighted by Gasteiger charge is -2.33. The fraction of sp³-hybridized carbons (Fsp3) is 0.571. The quantitative estimate of drug-likeness (QED) is 0.753. The van der Waals surface area contributed by atoms with Crippen molar-refractivity contribution in [2.75, 3.05) is 13.1 Å². The van der Waals surface area contributed by atoms with Gasteiger partial charge in [-0.15, -0.1) is 0 Å².